The Morgan fingerprint density at radius 2 is 2.16 bits per heavy atom. The first-order valence-corrected chi connectivity index (χ1v) is 9.72. The lowest BCUT2D eigenvalue weighted by Gasteiger charge is -2.25. The topological polar surface area (TPSA) is 62.3 Å². The van der Waals surface area contributed by atoms with E-state index in [2.05, 4.69) is 24.1 Å². The molecule has 3 rings (SSSR count). The average Bonchev–Trinajstić information content (AvgIpc) is 2.88. The van der Waals surface area contributed by atoms with Gasteiger partial charge in [-0.05, 0) is 24.5 Å². The van der Waals surface area contributed by atoms with Crippen LogP contribution in [0.25, 0.3) is 10.9 Å². The Labute approximate surface area is 152 Å². The van der Waals surface area contributed by atoms with Gasteiger partial charge >= 0.3 is 0 Å². The summed E-state index contributed by atoms with van der Waals surface area (Å²) in [6.45, 7) is 5.33. The van der Waals surface area contributed by atoms with Gasteiger partial charge in [-0.3, -0.25) is 14.6 Å². The number of nitrogens with zero attached hydrogens (tertiary/aromatic N) is 2. The molecule has 1 unspecified atom stereocenters. The van der Waals surface area contributed by atoms with Gasteiger partial charge in [0.25, 0.3) is 5.91 Å². The van der Waals surface area contributed by atoms with Gasteiger partial charge in [-0.1, -0.05) is 26.0 Å². The molecule has 5 nitrogen and oxygen atoms in total. The largest absolute Gasteiger partial charge is 0.350 e. The quantitative estimate of drug-likeness (QED) is 0.913. The van der Waals surface area contributed by atoms with Crippen LogP contribution >= 0.6 is 11.8 Å². The van der Waals surface area contributed by atoms with Crippen LogP contribution in [0.2, 0.25) is 0 Å². The van der Waals surface area contributed by atoms with E-state index in [1.165, 1.54) is 11.8 Å². The van der Waals surface area contributed by atoms with Crippen LogP contribution in [0.1, 0.15) is 24.2 Å². The van der Waals surface area contributed by atoms with Crippen molar-refractivity contribution in [3.05, 3.63) is 42.1 Å². The number of aromatic nitrogens is 1. The summed E-state index contributed by atoms with van der Waals surface area (Å²) in [5, 5.41) is 4.09. The molecule has 6 heteroatoms. The Morgan fingerprint density at radius 1 is 1.36 bits per heavy atom. The highest BCUT2D eigenvalue weighted by molar-refractivity contribution is 7.99. The van der Waals surface area contributed by atoms with Crippen LogP contribution in [0.4, 0.5) is 0 Å². The number of thioether (sulfide) groups is 1. The third-order valence-electron chi connectivity index (χ3n) is 4.70. The second-order valence-corrected chi connectivity index (χ2v) is 8.00. The van der Waals surface area contributed by atoms with Crippen molar-refractivity contribution in [3.8, 4) is 0 Å². The summed E-state index contributed by atoms with van der Waals surface area (Å²) >= 11 is 1.50. The number of hydrogen-bond donors (Lipinski definition) is 1. The summed E-state index contributed by atoms with van der Waals surface area (Å²) in [5.41, 5.74) is 1.30. The maximum Gasteiger partial charge on any atom is 0.254 e. The fourth-order valence-electron chi connectivity index (χ4n) is 3.28. The average molecular weight is 357 g/mol. The minimum Gasteiger partial charge on any atom is -0.350 e. The first kappa shape index (κ1) is 17.7. The van der Waals surface area contributed by atoms with E-state index in [4.69, 9.17) is 0 Å². The lowest BCUT2D eigenvalue weighted by molar-refractivity contribution is -0.119. The second kappa shape index (κ2) is 7.04. The molecule has 1 saturated heterocycles. The first-order valence-electron chi connectivity index (χ1n) is 8.33. The number of fused-ring (bicyclic) bond motifs is 1. The Kier molecular flexibility index (Phi) is 4.99. The molecule has 1 atom stereocenters. The summed E-state index contributed by atoms with van der Waals surface area (Å²) < 4.78 is 0. The first-order chi connectivity index (χ1) is 11.9. The molecular weight excluding hydrogens is 334 g/mol. The standard InChI is InChI=1S/C19H23N3O2S/c1-19(2)12-22(10-16(19)21-17(23)11-25-3)18(24)14-7-6-13-5-4-8-20-15(13)9-14/h4-9,16H,10-12H2,1-3H3,(H,21,23). The highest BCUT2D eigenvalue weighted by Crippen LogP contribution is 2.31. The number of hydrogen-bond acceptors (Lipinski definition) is 4. The molecule has 0 bridgehead atoms. The predicted octanol–water partition coefficient (Wildman–Crippen LogP) is 2.56. The predicted molar refractivity (Wildman–Crippen MR) is 102 cm³/mol. The fraction of sp³-hybridized carbons (Fsp3) is 0.421. The van der Waals surface area contributed by atoms with Crippen molar-refractivity contribution in [2.45, 2.75) is 19.9 Å². The zero-order valence-electron chi connectivity index (χ0n) is 14.8. The van der Waals surface area contributed by atoms with Crippen molar-refractivity contribution < 1.29 is 9.59 Å². The van der Waals surface area contributed by atoms with Gasteiger partial charge in [-0.25, -0.2) is 0 Å². The summed E-state index contributed by atoms with van der Waals surface area (Å²) in [4.78, 5) is 31.0. The van der Waals surface area contributed by atoms with Gasteiger partial charge in [0.15, 0.2) is 0 Å². The summed E-state index contributed by atoms with van der Waals surface area (Å²) in [6.07, 6.45) is 3.63. The molecule has 2 amide bonds. The molecule has 1 aromatic heterocycles. The molecule has 25 heavy (non-hydrogen) atoms. The van der Waals surface area contributed by atoms with Crippen molar-refractivity contribution in [3.63, 3.8) is 0 Å². The monoisotopic (exact) mass is 357 g/mol. The minimum absolute atomic E-state index is 0.0118. The number of amides is 2. The number of carbonyl (C=O) groups excluding carboxylic acids is 2. The lowest BCUT2D eigenvalue weighted by atomic mass is 9.88. The van der Waals surface area contributed by atoms with Crippen LogP contribution in [-0.4, -0.2) is 52.8 Å². The Bertz CT molecular complexity index is 806. The van der Waals surface area contributed by atoms with Crippen LogP contribution in [0, 0.1) is 5.41 Å². The van der Waals surface area contributed by atoms with Gasteiger partial charge in [-0.2, -0.15) is 11.8 Å². The van der Waals surface area contributed by atoms with E-state index in [1.54, 1.807) is 6.20 Å². The highest BCUT2D eigenvalue weighted by atomic mass is 32.2. The molecular formula is C19H23N3O2S. The third-order valence-corrected chi connectivity index (χ3v) is 5.25. The molecule has 0 radical (unpaired) electrons. The smallest absolute Gasteiger partial charge is 0.254 e. The molecule has 1 aliphatic rings. The Balaban J connectivity index is 1.76. The van der Waals surface area contributed by atoms with Crippen LogP contribution in [0.5, 0.6) is 0 Å². The summed E-state index contributed by atoms with van der Waals surface area (Å²) in [6, 6.07) is 9.44. The van der Waals surface area contributed by atoms with Gasteiger partial charge in [0.1, 0.15) is 0 Å². The molecule has 2 aromatic rings. The van der Waals surface area contributed by atoms with Gasteiger partial charge in [-0.15, -0.1) is 0 Å². The van der Waals surface area contributed by atoms with Crippen molar-refractivity contribution in [2.75, 3.05) is 25.1 Å². The highest BCUT2D eigenvalue weighted by Gasteiger charge is 2.42. The maximum atomic E-state index is 12.9. The fourth-order valence-corrected chi connectivity index (χ4v) is 3.62. The number of rotatable bonds is 4. The molecule has 1 N–H and O–H groups in total. The van der Waals surface area contributed by atoms with Gasteiger partial charge in [0.2, 0.25) is 5.91 Å². The van der Waals surface area contributed by atoms with Crippen molar-refractivity contribution in [2.24, 2.45) is 5.41 Å². The van der Waals surface area contributed by atoms with E-state index in [-0.39, 0.29) is 23.3 Å². The van der Waals surface area contributed by atoms with Gasteiger partial charge in [0, 0.05) is 35.7 Å². The molecule has 2 heterocycles. The van der Waals surface area contributed by atoms with Crippen molar-refractivity contribution in [1.29, 1.82) is 0 Å². The number of carbonyl (C=O) groups is 2. The summed E-state index contributed by atoms with van der Waals surface area (Å²) in [7, 11) is 0. The molecule has 1 fully saturated rings. The lowest BCUT2D eigenvalue weighted by Crippen LogP contribution is -2.45. The Morgan fingerprint density at radius 3 is 2.92 bits per heavy atom. The molecule has 0 spiro atoms. The normalized spacial score (nSPS) is 19.2. The molecule has 1 aliphatic heterocycles. The van der Waals surface area contributed by atoms with E-state index in [1.807, 2.05) is 41.5 Å². The van der Waals surface area contributed by atoms with Gasteiger partial charge in [0.05, 0.1) is 17.3 Å². The van der Waals surface area contributed by atoms with E-state index in [9.17, 15) is 9.59 Å². The van der Waals surface area contributed by atoms with Crippen LogP contribution in [0.3, 0.4) is 0 Å². The van der Waals surface area contributed by atoms with Gasteiger partial charge < -0.3 is 10.2 Å². The zero-order chi connectivity index (χ0) is 18.0. The molecule has 1 aromatic carbocycles. The summed E-state index contributed by atoms with van der Waals surface area (Å²) in [5.74, 6) is 0.452. The number of nitrogens with one attached hydrogen (secondary N) is 1. The Hall–Kier alpha value is -2.08. The van der Waals surface area contributed by atoms with Crippen molar-refractivity contribution in [1.82, 2.24) is 15.2 Å². The molecule has 0 saturated carbocycles. The SMILES string of the molecule is CSCC(=O)NC1CN(C(=O)c2ccc3cccnc3c2)CC1(C)C. The number of benzene rings is 1. The number of pyridine rings is 1. The molecule has 132 valence electrons. The van der Waals surface area contributed by atoms with Crippen LogP contribution in [0.15, 0.2) is 36.5 Å². The molecule has 0 aliphatic carbocycles. The van der Waals surface area contributed by atoms with E-state index in [0.717, 1.165) is 10.9 Å². The second-order valence-electron chi connectivity index (χ2n) is 7.14. The van der Waals surface area contributed by atoms with Crippen LogP contribution in [-0.2, 0) is 4.79 Å². The van der Waals surface area contributed by atoms with E-state index >= 15 is 0 Å². The zero-order valence-corrected chi connectivity index (χ0v) is 15.6. The van der Waals surface area contributed by atoms with Crippen molar-refractivity contribution >= 4 is 34.5 Å². The van der Waals surface area contributed by atoms with E-state index in [0.29, 0.717) is 24.4 Å². The van der Waals surface area contributed by atoms with E-state index < -0.39 is 0 Å². The third kappa shape index (κ3) is 3.79. The minimum atomic E-state index is -0.154. The van der Waals surface area contributed by atoms with Crippen LogP contribution < -0.4 is 5.32 Å². The maximum absolute atomic E-state index is 12.9. The number of likely N-dealkylation sites (tertiary alicyclic amines) is 1.